The van der Waals surface area contributed by atoms with Crippen molar-refractivity contribution in [2.75, 3.05) is 63.7 Å². The summed E-state index contributed by atoms with van der Waals surface area (Å²) in [5, 5.41) is 8.70. The van der Waals surface area contributed by atoms with E-state index in [0.717, 1.165) is 44.0 Å². The van der Waals surface area contributed by atoms with E-state index in [9.17, 15) is 8.78 Å². The second-order valence-electron chi connectivity index (χ2n) is 8.78. The van der Waals surface area contributed by atoms with Crippen LogP contribution < -0.4 is 14.9 Å². The molecule has 1 aliphatic heterocycles. The van der Waals surface area contributed by atoms with Gasteiger partial charge in [-0.15, -0.1) is 0 Å². The summed E-state index contributed by atoms with van der Waals surface area (Å²) in [6.45, 7) is 6.76. The summed E-state index contributed by atoms with van der Waals surface area (Å²) in [6, 6.07) is 15.3. The Kier molecular flexibility index (Phi) is 12.8. The number of hydrogen-bond donors (Lipinski definition) is 2. The quantitative estimate of drug-likeness (QED) is 0.212. The number of piperazine rings is 1. The number of nitrogens with one attached hydrogen (secondary N) is 2. The number of alkyl halides is 2. The Hall–Kier alpha value is -3.25. The van der Waals surface area contributed by atoms with Gasteiger partial charge in [0, 0.05) is 90.8 Å². The lowest BCUT2D eigenvalue weighted by Crippen LogP contribution is -2.43. The van der Waals surface area contributed by atoms with Crippen molar-refractivity contribution in [2.45, 2.75) is 6.92 Å². The molecule has 0 atom stereocenters. The third kappa shape index (κ3) is 8.16. The maximum Gasteiger partial charge on any atom is 0.155 e. The highest BCUT2D eigenvalue weighted by Gasteiger charge is 2.21. The molecular weight excluding hydrogens is 571 g/mol. The Bertz CT molecular complexity index is 1350. The number of pyridine rings is 1. The lowest BCUT2D eigenvalue weighted by Gasteiger charge is -2.29. The van der Waals surface area contributed by atoms with Crippen LogP contribution in [0, 0.1) is 5.82 Å². The largest absolute Gasteiger partial charge is 0.369 e. The number of benzene rings is 2. The van der Waals surface area contributed by atoms with Crippen LogP contribution in [0.3, 0.4) is 0 Å². The molecule has 0 saturated carbocycles. The minimum absolute atomic E-state index is 0.321. The topological polar surface area (TPSA) is 61.2 Å². The van der Waals surface area contributed by atoms with Gasteiger partial charge in [-0.2, -0.15) is 5.10 Å². The van der Waals surface area contributed by atoms with Gasteiger partial charge in [0.2, 0.25) is 0 Å². The molecule has 5 rings (SSSR count). The zero-order valence-corrected chi connectivity index (χ0v) is 25.1. The summed E-state index contributed by atoms with van der Waals surface area (Å²) in [7, 11) is 2.93. The van der Waals surface area contributed by atoms with Gasteiger partial charge in [0.25, 0.3) is 0 Å². The minimum Gasteiger partial charge on any atom is -0.369 e. The van der Waals surface area contributed by atoms with Gasteiger partial charge in [-0.3, -0.25) is 13.8 Å². The SMILES string of the molecule is CCN(C)SNc1cc(Cl)cc(-c2cn(-c3ccc(N4CCNCC4)cc3)nc2-c2ccncc2)c1F.CF.CF. The number of rotatable bonds is 8. The van der Waals surface area contributed by atoms with Gasteiger partial charge < -0.3 is 14.9 Å². The summed E-state index contributed by atoms with van der Waals surface area (Å²) in [6.07, 6.45) is 5.28. The van der Waals surface area contributed by atoms with Gasteiger partial charge in [0.1, 0.15) is 5.69 Å². The summed E-state index contributed by atoms with van der Waals surface area (Å²) < 4.78 is 41.7. The lowest BCUT2D eigenvalue weighted by atomic mass is 10.0. The molecule has 1 saturated heterocycles. The Morgan fingerprint density at radius 1 is 0.976 bits per heavy atom. The van der Waals surface area contributed by atoms with Crippen LogP contribution in [0.2, 0.25) is 5.02 Å². The van der Waals surface area contributed by atoms with Crippen molar-refractivity contribution in [3.8, 4) is 28.1 Å². The highest BCUT2D eigenvalue weighted by molar-refractivity contribution is 7.98. The Morgan fingerprint density at radius 2 is 1.61 bits per heavy atom. The Labute approximate surface area is 249 Å². The molecule has 0 radical (unpaired) electrons. The lowest BCUT2D eigenvalue weighted by molar-refractivity contribution is 0.589. The van der Waals surface area contributed by atoms with E-state index < -0.39 is 0 Å². The van der Waals surface area contributed by atoms with E-state index in [0.29, 0.717) is 41.9 Å². The van der Waals surface area contributed by atoms with Gasteiger partial charge in [-0.05, 0) is 55.6 Å². The molecule has 2 aromatic heterocycles. The second-order valence-corrected chi connectivity index (χ2v) is 10.2. The molecule has 2 aromatic carbocycles. The fourth-order valence-electron chi connectivity index (χ4n) is 4.22. The number of anilines is 2. The van der Waals surface area contributed by atoms with E-state index in [1.807, 2.05) is 48.7 Å². The molecule has 0 spiro atoms. The third-order valence-electron chi connectivity index (χ3n) is 6.35. The van der Waals surface area contributed by atoms with Crippen molar-refractivity contribution in [3.63, 3.8) is 0 Å². The van der Waals surface area contributed by atoms with Crippen molar-refractivity contribution < 1.29 is 13.2 Å². The van der Waals surface area contributed by atoms with Crippen LogP contribution in [-0.2, 0) is 0 Å². The van der Waals surface area contributed by atoms with E-state index in [2.05, 4.69) is 32.1 Å². The van der Waals surface area contributed by atoms with Gasteiger partial charge in [-0.25, -0.2) is 13.4 Å². The zero-order chi connectivity index (χ0) is 29.8. The minimum atomic E-state index is -0.384. The van der Waals surface area contributed by atoms with Crippen LogP contribution in [0.25, 0.3) is 28.1 Å². The normalized spacial score (nSPS) is 12.8. The predicted octanol–water partition coefficient (Wildman–Crippen LogP) is 6.90. The first kappa shape index (κ1) is 32.3. The van der Waals surface area contributed by atoms with Crippen LogP contribution in [0.4, 0.5) is 24.5 Å². The predicted molar refractivity (Wildman–Crippen MR) is 166 cm³/mol. The van der Waals surface area contributed by atoms with Gasteiger partial charge in [-0.1, -0.05) is 18.5 Å². The first-order valence-corrected chi connectivity index (χ1v) is 14.1. The van der Waals surface area contributed by atoms with E-state index in [1.165, 1.54) is 17.8 Å². The van der Waals surface area contributed by atoms with Gasteiger partial charge in [0.15, 0.2) is 5.82 Å². The molecule has 220 valence electrons. The molecule has 12 heteroatoms. The average molecular weight is 606 g/mol. The van der Waals surface area contributed by atoms with E-state index in [-0.39, 0.29) is 5.82 Å². The second kappa shape index (κ2) is 16.3. The molecule has 0 aliphatic carbocycles. The molecule has 1 aliphatic rings. The van der Waals surface area contributed by atoms with E-state index in [1.54, 1.807) is 29.2 Å². The molecule has 0 unspecified atom stereocenters. The number of halogens is 4. The maximum atomic E-state index is 15.8. The monoisotopic (exact) mass is 605 g/mol. The van der Waals surface area contributed by atoms with Crippen LogP contribution in [0.1, 0.15) is 6.92 Å². The van der Waals surface area contributed by atoms with Crippen LogP contribution in [0.15, 0.2) is 67.1 Å². The van der Waals surface area contributed by atoms with Crippen molar-refractivity contribution in [2.24, 2.45) is 0 Å². The van der Waals surface area contributed by atoms with Crippen LogP contribution in [0.5, 0.6) is 0 Å². The summed E-state index contributed by atoms with van der Waals surface area (Å²) >= 11 is 7.78. The van der Waals surface area contributed by atoms with E-state index in [4.69, 9.17) is 16.7 Å². The maximum absolute atomic E-state index is 15.8. The average Bonchev–Trinajstić information content (AvgIpc) is 3.49. The third-order valence-corrected chi connectivity index (χ3v) is 7.45. The summed E-state index contributed by atoms with van der Waals surface area (Å²) in [5.41, 5.74) is 4.91. The molecule has 41 heavy (non-hydrogen) atoms. The van der Waals surface area contributed by atoms with Crippen LogP contribution >= 0.6 is 23.7 Å². The smallest absolute Gasteiger partial charge is 0.155 e. The van der Waals surface area contributed by atoms with Gasteiger partial charge in [0.05, 0.1) is 25.7 Å². The number of hydrogen-bond acceptors (Lipinski definition) is 7. The van der Waals surface area contributed by atoms with Crippen LogP contribution in [-0.4, -0.2) is 73.2 Å². The molecular formula is C29H35ClF3N7S. The first-order valence-electron chi connectivity index (χ1n) is 13.0. The highest BCUT2D eigenvalue weighted by Crippen LogP contribution is 2.38. The summed E-state index contributed by atoms with van der Waals surface area (Å²) in [5.74, 6) is -0.384. The first-order chi connectivity index (χ1) is 20.0. The van der Waals surface area contributed by atoms with E-state index >= 15 is 4.39 Å². The summed E-state index contributed by atoms with van der Waals surface area (Å²) in [4.78, 5) is 6.49. The fraction of sp³-hybridized carbons (Fsp3) is 0.310. The van der Waals surface area contributed by atoms with Crippen molar-refractivity contribution in [3.05, 3.63) is 78.0 Å². The molecule has 4 aromatic rings. The molecule has 2 N–H and O–H groups in total. The molecule has 7 nitrogen and oxygen atoms in total. The fourth-order valence-corrected chi connectivity index (χ4v) is 4.97. The zero-order valence-electron chi connectivity index (χ0n) is 23.5. The van der Waals surface area contributed by atoms with Gasteiger partial charge >= 0.3 is 0 Å². The Morgan fingerprint density at radius 3 is 2.24 bits per heavy atom. The highest BCUT2D eigenvalue weighted by atomic mass is 35.5. The van der Waals surface area contributed by atoms with Crippen molar-refractivity contribution in [1.29, 1.82) is 0 Å². The Balaban J connectivity index is 0.00000111. The molecule has 1 fully saturated rings. The molecule has 0 bridgehead atoms. The standard InChI is InChI=1S/C27H29ClFN7S.2CH3F/c1-3-34(2)37-33-25-17-20(28)16-23(26(25)29)24-18-36(32-27(24)19-8-10-30-11-9-19)22-6-4-21(5-7-22)35-14-12-31-13-15-35;2*1-2/h4-11,16-18,31,33H,3,12-15H2,1-2H3;2*1H3. The van der Waals surface area contributed by atoms with Crippen molar-refractivity contribution >= 4 is 35.1 Å². The molecule has 3 heterocycles. The number of nitrogens with zero attached hydrogens (tertiary/aromatic N) is 5. The molecule has 0 amide bonds. The van der Waals surface area contributed by atoms with Crippen molar-refractivity contribution in [1.82, 2.24) is 24.4 Å². The number of aromatic nitrogens is 3.